The number of hydrogen-bond acceptors (Lipinski definition) is 4. The Balaban J connectivity index is 0.000000438. The predicted octanol–water partition coefficient (Wildman–Crippen LogP) is 0.639. The summed E-state index contributed by atoms with van der Waals surface area (Å²) in [6.45, 7) is 1.81. The molecule has 29 heavy (non-hydrogen) atoms. The van der Waals surface area contributed by atoms with Gasteiger partial charge in [-0.3, -0.25) is 0 Å². The van der Waals surface area contributed by atoms with E-state index in [4.69, 9.17) is 24.5 Å². The second-order valence-electron chi connectivity index (χ2n) is 7.46. The lowest BCUT2D eigenvalue weighted by Crippen LogP contribution is -3.06. The maximum atomic E-state index is 9.04. The summed E-state index contributed by atoms with van der Waals surface area (Å²) in [6.07, 6.45) is 4.68. The summed E-state index contributed by atoms with van der Waals surface area (Å²) in [5, 5.41) is 16.3. The highest BCUT2D eigenvalue weighted by atomic mass is 16.5. The van der Waals surface area contributed by atoms with Crippen molar-refractivity contribution in [2.24, 2.45) is 0 Å². The third kappa shape index (κ3) is 6.14. The first-order chi connectivity index (χ1) is 13.9. The van der Waals surface area contributed by atoms with Crippen molar-refractivity contribution in [2.75, 3.05) is 27.2 Å². The number of quaternary nitrogens is 1. The van der Waals surface area contributed by atoms with Crippen LogP contribution in [0.5, 0.6) is 0 Å². The summed E-state index contributed by atoms with van der Waals surface area (Å²) in [6, 6.07) is 19.7. The first kappa shape index (κ1) is 22.6. The van der Waals surface area contributed by atoms with Gasteiger partial charge in [-0.2, -0.15) is 0 Å². The molecule has 0 radical (unpaired) electrons. The van der Waals surface area contributed by atoms with Gasteiger partial charge in [0.2, 0.25) is 0 Å². The zero-order valence-electron chi connectivity index (χ0n) is 17.0. The number of carbonyl (C=O) groups is 2. The van der Waals surface area contributed by atoms with Crippen molar-refractivity contribution >= 4 is 11.9 Å². The van der Waals surface area contributed by atoms with Crippen LogP contribution in [0.15, 0.2) is 54.6 Å². The van der Waals surface area contributed by atoms with Gasteiger partial charge in [0, 0.05) is 0 Å². The molecule has 0 spiro atoms. The van der Waals surface area contributed by atoms with Gasteiger partial charge in [0.25, 0.3) is 0 Å². The minimum absolute atomic E-state index is 0.288. The van der Waals surface area contributed by atoms with Gasteiger partial charge in [-0.15, -0.1) is 0 Å². The summed E-state index contributed by atoms with van der Waals surface area (Å²) in [5.41, 5.74) is 3.83. The standard InChI is InChI=1S/C21H27NO.C2H2O4/c1-22(2)16-17-23-21(19-12-4-3-5-13-19)15-9-8-11-18-10-6-7-14-20(18)21;3-1(4)2(5)6/h3-7,10,12-14H,8-9,11,15-17H2,1-2H3;(H,3,4)(H,5,6). The van der Waals surface area contributed by atoms with Crippen LogP contribution >= 0.6 is 0 Å². The van der Waals surface area contributed by atoms with E-state index in [2.05, 4.69) is 68.7 Å². The molecule has 6 heteroatoms. The highest BCUT2D eigenvalue weighted by Crippen LogP contribution is 2.42. The van der Waals surface area contributed by atoms with E-state index in [1.165, 1.54) is 34.4 Å². The van der Waals surface area contributed by atoms with E-state index in [1.807, 2.05) is 0 Å². The van der Waals surface area contributed by atoms with E-state index in [9.17, 15) is 0 Å². The molecule has 0 saturated heterocycles. The maximum absolute atomic E-state index is 9.04. The third-order valence-electron chi connectivity index (χ3n) is 5.04. The van der Waals surface area contributed by atoms with E-state index >= 15 is 0 Å². The SMILES string of the molecule is C[NH+](C)CCOC1(c2ccccc2)CCCCc2ccccc21.O=C([O-])C(=O)O. The zero-order chi connectivity index (χ0) is 21.3. The van der Waals surface area contributed by atoms with Gasteiger partial charge in [-0.05, 0) is 42.4 Å². The van der Waals surface area contributed by atoms with E-state index < -0.39 is 11.9 Å². The maximum Gasteiger partial charge on any atom is 0.351 e. The second kappa shape index (κ2) is 10.7. The number of rotatable bonds is 5. The molecule has 6 nitrogen and oxygen atoms in total. The molecule has 2 N–H and O–H groups in total. The van der Waals surface area contributed by atoms with Crippen LogP contribution in [-0.4, -0.2) is 44.3 Å². The lowest BCUT2D eigenvalue weighted by Gasteiger charge is -2.35. The van der Waals surface area contributed by atoms with Crippen LogP contribution in [0.1, 0.15) is 36.0 Å². The molecule has 1 aliphatic rings. The first-order valence-corrected chi connectivity index (χ1v) is 9.88. The average Bonchev–Trinajstić information content (AvgIpc) is 2.89. The Hall–Kier alpha value is -2.70. The molecule has 0 aromatic heterocycles. The smallest absolute Gasteiger partial charge is 0.351 e. The highest BCUT2D eigenvalue weighted by molar-refractivity contribution is 6.26. The van der Waals surface area contributed by atoms with Crippen LogP contribution < -0.4 is 10.0 Å². The highest BCUT2D eigenvalue weighted by Gasteiger charge is 2.38. The second-order valence-corrected chi connectivity index (χ2v) is 7.46. The van der Waals surface area contributed by atoms with Crippen LogP contribution in [0.3, 0.4) is 0 Å². The molecule has 0 heterocycles. The Kier molecular flexibility index (Phi) is 8.36. The molecule has 0 aliphatic heterocycles. The number of nitrogens with one attached hydrogen (secondary N) is 1. The Morgan fingerprint density at radius 2 is 1.69 bits per heavy atom. The number of fused-ring (bicyclic) bond motifs is 1. The van der Waals surface area contributed by atoms with Gasteiger partial charge in [0.05, 0.1) is 20.7 Å². The fourth-order valence-corrected chi connectivity index (χ4v) is 3.63. The topological polar surface area (TPSA) is 91.1 Å². The summed E-state index contributed by atoms with van der Waals surface area (Å²) in [4.78, 5) is 19.5. The molecule has 0 amide bonds. The number of carboxylic acids is 2. The van der Waals surface area contributed by atoms with Gasteiger partial charge in [0.1, 0.15) is 12.1 Å². The number of carboxylic acid groups (broad SMARTS) is 2. The molecule has 2 aromatic carbocycles. The molecule has 1 aliphatic carbocycles. The molecule has 2 aromatic rings. The molecule has 0 saturated carbocycles. The van der Waals surface area contributed by atoms with Crippen molar-refractivity contribution in [1.82, 2.24) is 0 Å². The summed E-state index contributed by atoms with van der Waals surface area (Å²) < 4.78 is 6.65. The number of benzene rings is 2. The fourth-order valence-electron chi connectivity index (χ4n) is 3.63. The van der Waals surface area contributed by atoms with Gasteiger partial charge in [-0.25, -0.2) is 4.79 Å². The molecular weight excluding hydrogens is 370 g/mol. The van der Waals surface area contributed by atoms with E-state index in [0.717, 1.165) is 26.0 Å². The zero-order valence-corrected chi connectivity index (χ0v) is 17.0. The molecular formula is C23H29NO5. The minimum Gasteiger partial charge on any atom is -0.539 e. The lowest BCUT2D eigenvalue weighted by atomic mass is 9.81. The molecule has 3 rings (SSSR count). The average molecular weight is 399 g/mol. The minimum atomic E-state index is -2.07. The Labute approximate surface area is 171 Å². The van der Waals surface area contributed by atoms with Crippen LogP contribution in [0.25, 0.3) is 0 Å². The molecule has 0 bridgehead atoms. The summed E-state index contributed by atoms with van der Waals surface area (Å²) in [5.74, 6) is -4.01. The van der Waals surface area contributed by atoms with Crippen molar-refractivity contribution < 1.29 is 29.4 Å². The fraction of sp³-hybridized carbons (Fsp3) is 0.391. The Bertz CT molecular complexity index is 794. The summed E-state index contributed by atoms with van der Waals surface area (Å²) >= 11 is 0. The van der Waals surface area contributed by atoms with Crippen LogP contribution in [-0.2, 0) is 26.3 Å². The van der Waals surface area contributed by atoms with Gasteiger partial charge < -0.3 is 24.6 Å². The quantitative estimate of drug-likeness (QED) is 0.569. The van der Waals surface area contributed by atoms with Crippen molar-refractivity contribution in [3.63, 3.8) is 0 Å². The Morgan fingerprint density at radius 3 is 2.31 bits per heavy atom. The lowest BCUT2D eigenvalue weighted by molar-refractivity contribution is -0.859. The van der Waals surface area contributed by atoms with Crippen LogP contribution in [0.2, 0.25) is 0 Å². The van der Waals surface area contributed by atoms with Crippen molar-refractivity contribution in [3.8, 4) is 0 Å². The van der Waals surface area contributed by atoms with Crippen molar-refractivity contribution in [3.05, 3.63) is 71.3 Å². The van der Waals surface area contributed by atoms with E-state index in [1.54, 1.807) is 0 Å². The number of hydrogen-bond donors (Lipinski definition) is 2. The molecule has 1 unspecified atom stereocenters. The molecule has 1 atom stereocenters. The molecule has 156 valence electrons. The van der Waals surface area contributed by atoms with E-state index in [-0.39, 0.29) is 5.60 Å². The third-order valence-corrected chi connectivity index (χ3v) is 5.04. The van der Waals surface area contributed by atoms with Crippen molar-refractivity contribution in [1.29, 1.82) is 0 Å². The van der Waals surface area contributed by atoms with Gasteiger partial charge in [-0.1, -0.05) is 54.6 Å². The number of ether oxygens (including phenoxy) is 1. The number of carbonyl (C=O) groups excluding carboxylic acids is 1. The largest absolute Gasteiger partial charge is 0.539 e. The predicted molar refractivity (Wildman–Crippen MR) is 107 cm³/mol. The number of likely N-dealkylation sites (N-methyl/N-ethyl adjacent to an activating group) is 1. The van der Waals surface area contributed by atoms with Crippen LogP contribution in [0.4, 0.5) is 0 Å². The summed E-state index contributed by atoms with van der Waals surface area (Å²) in [7, 11) is 4.36. The Morgan fingerprint density at radius 1 is 1.07 bits per heavy atom. The van der Waals surface area contributed by atoms with Crippen molar-refractivity contribution in [2.45, 2.75) is 31.3 Å². The monoisotopic (exact) mass is 399 g/mol. The number of aliphatic carboxylic acids is 2. The molecule has 0 fully saturated rings. The van der Waals surface area contributed by atoms with Gasteiger partial charge in [0.15, 0.2) is 5.97 Å². The normalized spacial score (nSPS) is 18.2. The van der Waals surface area contributed by atoms with Gasteiger partial charge >= 0.3 is 5.97 Å². The van der Waals surface area contributed by atoms with Crippen LogP contribution in [0, 0.1) is 0 Å². The number of aryl methyl sites for hydroxylation is 1. The van der Waals surface area contributed by atoms with E-state index in [0.29, 0.717) is 0 Å². The first-order valence-electron chi connectivity index (χ1n) is 9.88.